The van der Waals surface area contributed by atoms with Gasteiger partial charge in [0.25, 0.3) is 5.91 Å². The highest BCUT2D eigenvalue weighted by Gasteiger charge is 2.22. The topological polar surface area (TPSA) is 75.4 Å². The van der Waals surface area contributed by atoms with Crippen LogP contribution in [0.25, 0.3) is 0 Å². The summed E-state index contributed by atoms with van der Waals surface area (Å²) in [5.41, 5.74) is 8.67. The van der Waals surface area contributed by atoms with E-state index in [9.17, 15) is 9.59 Å². The van der Waals surface area contributed by atoms with Gasteiger partial charge in [0.05, 0.1) is 6.04 Å². The third-order valence-corrected chi connectivity index (χ3v) is 4.25. The predicted octanol–water partition coefficient (Wildman–Crippen LogP) is 2.89. The van der Waals surface area contributed by atoms with Crippen molar-refractivity contribution in [3.05, 3.63) is 59.7 Å². The Hall–Kier alpha value is -2.82. The predicted molar refractivity (Wildman–Crippen MR) is 94.8 cm³/mol. The van der Waals surface area contributed by atoms with Gasteiger partial charge >= 0.3 is 0 Å². The van der Waals surface area contributed by atoms with E-state index >= 15 is 0 Å². The summed E-state index contributed by atoms with van der Waals surface area (Å²) >= 11 is 0. The van der Waals surface area contributed by atoms with Crippen molar-refractivity contribution in [1.82, 2.24) is 5.32 Å². The maximum absolute atomic E-state index is 12.3. The van der Waals surface area contributed by atoms with E-state index in [-0.39, 0.29) is 17.9 Å². The molecule has 3 N–H and O–H groups in total. The SMILES string of the molecule is CC(NC(=O)c1cccc(N)c1)c1cccc(N2CCCC2=O)c1. The Morgan fingerprint density at radius 1 is 1.21 bits per heavy atom. The molecule has 5 heteroatoms. The maximum atomic E-state index is 12.3. The number of anilines is 2. The Bertz CT molecular complexity index is 773. The highest BCUT2D eigenvalue weighted by molar-refractivity contribution is 5.96. The van der Waals surface area contributed by atoms with Gasteiger partial charge in [0.1, 0.15) is 0 Å². The highest BCUT2D eigenvalue weighted by Crippen LogP contribution is 2.25. The summed E-state index contributed by atoms with van der Waals surface area (Å²) < 4.78 is 0. The Morgan fingerprint density at radius 3 is 2.71 bits per heavy atom. The molecule has 2 aromatic rings. The molecule has 124 valence electrons. The second-order valence-corrected chi connectivity index (χ2v) is 6.06. The van der Waals surface area contributed by atoms with E-state index in [1.54, 1.807) is 29.2 Å². The first kappa shape index (κ1) is 16.1. The Morgan fingerprint density at radius 2 is 2.00 bits per heavy atom. The zero-order valence-electron chi connectivity index (χ0n) is 13.7. The molecule has 1 fully saturated rings. The molecular weight excluding hydrogens is 302 g/mol. The molecule has 1 heterocycles. The van der Waals surface area contributed by atoms with Crippen LogP contribution in [0, 0.1) is 0 Å². The number of amides is 2. The zero-order chi connectivity index (χ0) is 17.1. The first-order chi connectivity index (χ1) is 11.5. The monoisotopic (exact) mass is 323 g/mol. The van der Waals surface area contributed by atoms with Gasteiger partial charge in [0, 0.05) is 29.9 Å². The van der Waals surface area contributed by atoms with Crippen LogP contribution >= 0.6 is 0 Å². The van der Waals surface area contributed by atoms with Crippen molar-refractivity contribution in [2.75, 3.05) is 17.2 Å². The van der Waals surface area contributed by atoms with Crippen LogP contribution in [0.5, 0.6) is 0 Å². The summed E-state index contributed by atoms with van der Waals surface area (Å²) in [6, 6.07) is 14.5. The van der Waals surface area contributed by atoms with Crippen LogP contribution < -0.4 is 16.0 Å². The minimum Gasteiger partial charge on any atom is -0.399 e. The summed E-state index contributed by atoms with van der Waals surface area (Å²) in [5, 5.41) is 2.97. The molecule has 2 aromatic carbocycles. The number of carbonyl (C=O) groups excluding carboxylic acids is 2. The summed E-state index contributed by atoms with van der Waals surface area (Å²) in [5.74, 6) is -0.0129. The molecule has 0 aliphatic carbocycles. The van der Waals surface area contributed by atoms with Gasteiger partial charge in [0.2, 0.25) is 5.91 Å². The number of carbonyl (C=O) groups is 2. The lowest BCUT2D eigenvalue weighted by Crippen LogP contribution is -2.27. The number of nitrogens with zero attached hydrogens (tertiary/aromatic N) is 1. The van der Waals surface area contributed by atoms with Crippen LogP contribution in [0.2, 0.25) is 0 Å². The van der Waals surface area contributed by atoms with E-state index in [1.807, 2.05) is 31.2 Å². The first-order valence-corrected chi connectivity index (χ1v) is 8.11. The van der Waals surface area contributed by atoms with E-state index in [0.29, 0.717) is 17.7 Å². The molecule has 1 saturated heterocycles. The summed E-state index contributed by atoms with van der Waals surface area (Å²) in [7, 11) is 0. The van der Waals surface area contributed by atoms with Gasteiger partial charge in [-0.2, -0.15) is 0 Å². The molecule has 0 saturated carbocycles. The normalized spacial score (nSPS) is 15.4. The molecule has 0 radical (unpaired) electrons. The summed E-state index contributed by atoms with van der Waals surface area (Å²) in [6.45, 7) is 2.68. The summed E-state index contributed by atoms with van der Waals surface area (Å²) in [4.78, 5) is 26.0. The molecule has 0 bridgehead atoms. The molecule has 1 atom stereocenters. The lowest BCUT2D eigenvalue weighted by Gasteiger charge is -2.19. The second-order valence-electron chi connectivity index (χ2n) is 6.06. The average molecular weight is 323 g/mol. The van der Waals surface area contributed by atoms with Crippen LogP contribution in [-0.4, -0.2) is 18.4 Å². The van der Waals surface area contributed by atoms with Crippen molar-refractivity contribution in [2.45, 2.75) is 25.8 Å². The van der Waals surface area contributed by atoms with Crippen LogP contribution in [-0.2, 0) is 4.79 Å². The Balaban J connectivity index is 1.74. The molecule has 2 amide bonds. The molecule has 0 spiro atoms. The molecule has 1 aliphatic heterocycles. The third-order valence-electron chi connectivity index (χ3n) is 4.25. The van der Waals surface area contributed by atoms with Crippen LogP contribution in [0.15, 0.2) is 48.5 Å². The second kappa shape index (κ2) is 6.74. The van der Waals surface area contributed by atoms with Gasteiger partial charge in [-0.15, -0.1) is 0 Å². The number of hydrogen-bond acceptors (Lipinski definition) is 3. The lowest BCUT2D eigenvalue weighted by molar-refractivity contribution is -0.117. The average Bonchev–Trinajstić information content (AvgIpc) is 3.01. The van der Waals surface area contributed by atoms with E-state index in [4.69, 9.17) is 5.73 Å². The minimum absolute atomic E-state index is 0.156. The quantitative estimate of drug-likeness (QED) is 0.850. The largest absolute Gasteiger partial charge is 0.399 e. The third kappa shape index (κ3) is 3.40. The molecule has 0 aromatic heterocycles. The van der Waals surface area contributed by atoms with Gasteiger partial charge in [-0.3, -0.25) is 9.59 Å². The number of nitrogens with one attached hydrogen (secondary N) is 1. The number of benzene rings is 2. The molecule has 1 unspecified atom stereocenters. The van der Waals surface area contributed by atoms with Crippen molar-refractivity contribution in [2.24, 2.45) is 0 Å². The van der Waals surface area contributed by atoms with Gasteiger partial charge < -0.3 is 16.0 Å². The maximum Gasteiger partial charge on any atom is 0.251 e. The van der Waals surface area contributed by atoms with Gasteiger partial charge in [-0.25, -0.2) is 0 Å². The molecule has 24 heavy (non-hydrogen) atoms. The molecule has 3 rings (SSSR count). The van der Waals surface area contributed by atoms with Crippen molar-refractivity contribution >= 4 is 23.2 Å². The van der Waals surface area contributed by atoms with Crippen molar-refractivity contribution < 1.29 is 9.59 Å². The minimum atomic E-state index is -0.170. The fourth-order valence-electron chi connectivity index (χ4n) is 2.93. The number of rotatable bonds is 4. The number of nitrogens with two attached hydrogens (primary N) is 1. The highest BCUT2D eigenvalue weighted by atomic mass is 16.2. The smallest absolute Gasteiger partial charge is 0.251 e. The van der Waals surface area contributed by atoms with Gasteiger partial charge in [-0.05, 0) is 49.2 Å². The van der Waals surface area contributed by atoms with Crippen molar-refractivity contribution in [3.8, 4) is 0 Å². The Kier molecular flexibility index (Phi) is 4.51. The molecule has 1 aliphatic rings. The van der Waals surface area contributed by atoms with Gasteiger partial charge in [-0.1, -0.05) is 18.2 Å². The lowest BCUT2D eigenvalue weighted by atomic mass is 10.1. The molecular formula is C19H21N3O2. The Labute approximate surface area is 141 Å². The van der Waals surface area contributed by atoms with Crippen LogP contribution in [0.4, 0.5) is 11.4 Å². The van der Waals surface area contributed by atoms with E-state index in [0.717, 1.165) is 24.2 Å². The standard InChI is InChI=1S/C19H21N3O2/c1-13(21-19(24)15-6-2-7-16(20)11-15)14-5-3-8-17(12-14)22-10-4-9-18(22)23/h2-3,5-8,11-13H,4,9-10,20H2,1H3,(H,21,24). The van der Waals surface area contributed by atoms with Crippen molar-refractivity contribution in [3.63, 3.8) is 0 Å². The van der Waals surface area contributed by atoms with E-state index in [1.165, 1.54) is 0 Å². The molecule has 5 nitrogen and oxygen atoms in total. The number of nitrogen functional groups attached to an aromatic ring is 1. The van der Waals surface area contributed by atoms with Crippen molar-refractivity contribution in [1.29, 1.82) is 0 Å². The number of hydrogen-bond donors (Lipinski definition) is 2. The fourth-order valence-corrected chi connectivity index (χ4v) is 2.93. The fraction of sp³-hybridized carbons (Fsp3) is 0.263. The summed E-state index contributed by atoms with van der Waals surface area (Å²) in [6.07, 6.45) is 1.50. The zero-order valence-corrected chi connectivity index (χ0v) is 13.7. The van der Waals surface area contributed by atoms with Crippen LogP contribution in [0.1, 0.15) is 41.7 Å². The van der Waals surface area contributed by atoms with E-state index in [2.05, 4.69) is 5.32 Å². The van der Waals surface area contributed by atoms with E-state index < -0.39 is 0 Å². The van der Waals surface area contributed by atoms with Gasteiger partial charge in [0.15, 0.2) is 0 Å². The van der Waals surface area contributed by atoms with Crippen LogP contribution in [0.3, 0.4) is 0 Å². The first-order valence-electron chi connectivity index (χ1n) is 8.11.